The van der Waals surface area contributed by atoms with Crippen LogP contribution in [0.25, 0.3) is 0 Å². The van der Waals surface area contributed by atoms with E-state index in [1.165, 1.54) is 19.3 Å². The molecule has 6 aliphatic rings. The largest absolute Gasteiger partial charge is 0.393 e. The van der Waals surface area contributed by atoms with Gasteiger partial charge in [-0.2, -0.15) is 0 Å². The number of aliphatic hydroxyl groups is 2. The van der Waals surface area contributed by atoms with Gasteiger partial charge in [0, 0.05) is 12.3 Å². The fraction of sp³-hybridized carbons (Fsp3) is 1.00. The Bertz CT molecular complexity index is 716. The summed E-state index contributed by atoms with van der Waals surface area (Å²) in [7, 11) is 0. The highest BCUT2D eigenvalue weighted by atomic mass is 16.7. The number of hydrogen-bond acceptors (Lipinski definition) is 4. The number of hydrogen-bond donors (Lipinski definition) is 2. The summed E-state index contributed by atoms with van der Waals surface area (Å²) in [5, 5.41) is 21.5. The molecule has 0 aromatic heterocycles. The molecule has 6 rings (SSSR count). The molecule has 4 aliphatic carbocycles. The van der Waals surface area contributed by atoms with Gasteiger partial charge in [-0.25, -0.2) is 0 Å². The van der Waals surface area contributed by atoms with E-state index < -0.39 is 0 Å². The lowest BCUT2D eigenvalue weighted by Gasteiger charge is -2.62. The zero-order chi connectivity index (χ0) is 21.8. The van der Waals surface area contributed by atoms with Crippen molar-refractivity contribution in [2.75, 3.05) is 6.61 Å². The van der Waals surface area contributed by atoms with Crippen LogP contribution in [0, 0.1) is 52.3 Å². The van der Waals surface area contributed by atoms with Gasteiger partial charge in [-0.05, 0) is 97.7 Å². The minimum absolute atomic E-state index is 0.191. The van der Waals surface area contributed by atoms with Gasteiger partial charge in [0.1, 0.15) is 0 Å². The molecular weight excluding hydrogens is 388 g/mol. The minimum Gasteiger partial charge on any atom is -0.393 e. The molecule has 13 atom stereocenters. The lowest BCUT2D eigenvalue weighted by atomic mass is 9.43. The molecule has 0 bridgehead atoms. The maximum Gasteiger partial charge on any atom is 0.171 e. The van der Waals surface area contributed by atoms with Crippen LogP contribution in [0.5, 0.6) is 0 Å². The third-order valence-electron chi connectivity index (χ3n) is 11.9. The van der Waals surface area contributed by atoms with Crippen LogP contribution in [0.1, 0.15) is 85.5 Å². The minimum atomic E-state index is -0.338. The molecule has 0 unspecified atom stereocenters. The van der Waals surface area contributed by atoms with Crippen LogP contribution in [-0.2, 0) is 9.47 Å². The summed E-state index contributed by atoms with van der Waals surface area (Å²) < 4.78 is 13.3. The first-order valence-electron chi connectivity index (χ1n) is 13.4. The van der Waals surface area contributed by atoms with Crippen molar-refractivity contribution in [3.63, 3.8) is 0 Å². The zero-order valence-corrected chi connectivity index (χ0v) is 20.1. The van der Waals surface area contributed by atoms with Gasteiger partial charge in [0.15, 0.2) is 5.79 Å². The monoisotopic (exact) mass is 432 g/mol. The third kappa shape index (κ3) is 2.80. The van der Waals surface area contributed by atoms with Crippen LogP contribution in [0.2, 0.25) is 0 Å². The first kappa shape index (κ1) is 21.4. The molecule has 2 N–H and O–H groups in total. The lowest BCUT2D eigenvalue weighted by Crippen LogP contribution is -2.58. The molecule has 0 radical (unpaired) electrons. The Balaban J connectivity index is 1.28. The van der Waals surface area contributed by atoms with Gasteiger partial charge in [-0.15, -0.1) is 0 Å². The van der Waals surface area contributed by atoms with Gasteiger partial charge < -0.3 is 19.7 Å². The second-order valence-corrected chi connectivity index (χ2v) is 13.2. The summed E-state index contributed by atoms with van der Waals surface area (Å²) in [5.41, 5.74) is 0.495. The average molecular weight is 433 g/mol. The Morgan fingerprint density at radius 1 is 0.806 bits per heavy atom. The number of fused-ring (bicyclic) bond motifs is 7. The highest BCUT2D eigenvalue weighted by Gasteiger charge is 2.69. The molecule has 2 saturated heterocycles. The Morgan fingerprint density at radius 2 is 1.58 bits per heavy atom. The topological polar surface area (TPSA) is 58.9 Å². The molecule has 4 saturated carbocycles. The van der Waals surface area contributed by atoms with E-state index in [0.29, 0.717) is 47.0 Å². The highest BCUT2D eigenvalue weighted by molar-refractivity contribution is 5.16. The molecule has 0 aromatic rings. The van der Waals surface area contributed by atoms with Crippen LogP contribution in [0.4, 0.5) is 0 Å². The van der Waals surface area contributed by atoms with Crippen LogP contribution in [0.3, 0.4) is 0 Å². The standard InChI is InChI=1S/C27H44O4/c1-15-5-10-27(30-14-15)16(2)24-23(31-27)13-20-18-12-22(29)21-11-17(28)6-8-25(21,3)19(18)7-9-26(20,24)4/h15-24,28-29H,5-14H2,1-4H3/t15-,16+,17+,18-,19+,20+,21-,22-,23+,24+,25-,26+,27-/m1/s1. The fourth-order valence-corrected chi connectivity index (χ4v) is 10.3. The summed E-state index contributed by atoms with van der Waals surface area (Å²) in [5.74, 6) is 3.58. The molecule has 4 heteroatoms. The summed E-state index contributed by atoms with van der Waals surface area (Å²) in [4.78, 5) is 0. The Morgan fingerprint density at radius 3 is 2.32 bits per heavy atom. The van der Waals surface area contributed by atoms with Crippen molar-refractivity contribution in [2.24, 2.45) is 52.3 Å². The van der Waals surface area contributed by atoms with Crippen molar-refractivity contribution < 1.29 is 19.7 Å². The van der Waals surface area contributed by atoms with Gasteiger partial charge in [0.05, 0.1) is 24.9 Å². The van der Waals surface area contributed by atoms with E-state index in [1.807, 2.05) is 0 Å². The van der Waals surface area contributed by atoms with Crippen molar-refractivity contribution in [2.45, 2.75) is 110 Å². The average Bonchev–Trinajstić information content (AvgIpc) is 3.17. The smallest absolute Gasteiger partial charge is 0.171 e. The van der Waals surface area contributed by atoms with Crippen LogP contribution in [-0.4, -0.2) is 40.9 Å². The van der Waals surface area contributed by atoms with E-state index in [4.69, 9.17) is 9.47 Å². The number of aliphatic hydroxyl groups excluding tert-OH is 2. The van der Waals surface area contributed by atoms with Gasteiger partial charge in [-0.3, -0.25) is 0 Å². The first-order chi connectivity index (χ1) is 14.7. The van der Waals surface area contributed by atoms with Crippen molar-refractivity contribution in [1.29, 1.82) is 0 Å². The van der Waals surface area contributed by atoms with Gasteiger partial charge in [0.25, 0.3) is 0 Å². The van der Waals surface area contributed by atoms with Crippen LogP contribution >= 0.6 is 0 Å². The summed E-state index contributed by atoms with van der Waals surface area (Å²) in [6.45, 7) is 10.6. The molecule has 0 aromatic carbocycles. The SMILES string of the molecule is C[C@@H]1CC[C@@]2(OC1)O[C@H]1C[C@H]3[C@@H]4C[C@@H](O)[C@H]5C[C@@H](O)CC[C@]5(C)[C@H]4CC[C@]3(C)[C@H]1[C@@H]2C. The van der Waals surface area contributed by atoms with Gasteiger partial charge in [0.2, 0.25) is 0 Å². The molecule has 4 nitrogen and oxygen atoms in total. The fourth-order valence-electron chi connectivity index (χ4n) is 10.3. The Kier molecular flexibility index (Phi) is 4.78. The molecule has 0 amide bonds. The van der Waals surface area contributed by atoms with Crippen LogP contribution < -0.4 is 0 Å². The lowest BCUT2D eigenvalue weighted by molar-refractivity contribution is -0.273. The van der Waals surface area contributed by atoms with Crippen molar-refractivity contribution in [3.05, 3.63) is 0 Å². The summed E-state index contributed by atoms with van der Waals surface area (Å²) in [6, 6.07) is 0. The van der Waals surface area contributed by atoms with Gasteiger partial charge in [-0.1, -0.05) is 27.7 Å². The maximum absolute atomic E-state index is 11.2. The van der Waals surface area contributed by atoms with E-state index in [1.54, 1.807) is 0 Å². The van der Waals surface area contributed by atoms with E-state index in [-0.39, 0.29) is 29.3 Å². The molecule has 2 aliphatic heterocycles. The predicted molar refractivity (Wildman–Crippen MR) is 119 cm³/mol. The molecule has 31 heavy (non-hydrogen) atoms. The second kappa shape index (κ2) is 6.93. The normalized spacial score (nSPS) is 63.3. The van der Waals surface area contributed by atoms with E-state index >= 15 is 0 Å². The molecule has 176 valence electrons. The van der Waals surface area contributed by atoms with E-state index in [9.17, 15) is 10.2 Å². The number of rotatable bonds is 0. The van der Waals surface area contributed by atoms with Crippen LogP contribution in [0.15, 0.2) is 0 Å². The quantitative estimate of drug-likeness (QED) is 0.579. The van der Waals surface area contributed by atoms with E-state index in [0.717, 1.165) is 45.1 Å². The Labute approximate surface area is 188 Å². The van der Waals surface area contributed by atoms with Crippen molar-refractivity contribution >= 4 is 0 Å². The van der Waals surface area contributed by atoms with Crippen molar-refractivity contribution in [1.82, 2.24) is 0 Å². The highest BCUT2D eigenvalue weighted by Crippen LogP contribution is 2.71. The predicted octanol–water partition coefficient (Wildman–Crippen LogP) is 4.76. The molecule has 1 spiro atoms. The Hall–Kier alpha value is -0.160. The molecule has 6 fully saturated rings. The summed E-state index contributed by atoms with van der Waals surface area (Å²) in [6.07, 6.45) is 9.58. The summed E-state index contributed by atoms with van der Waals surface area (Å²) >= 11 is 0. The number of ether oxygens (including phenoxy) is 2. The van der Waals surface area contributed by atoms with Gasteiger partial charge >= 0.3 is 0 Å². The van der Waals surface area contributed by atoms with Crippen molar-refractivity contribution in [3.8, 4) is 0 Å². The third-order valence-corrected chi connectivity index (χ3v) is 11.9. The van der Waals surface area contributed by atoms with E-state index in [2.05, 4.69) is 27.7 Å². The second-order valence-electron chi connectivity index (χ2n) is 13.2. The molecular formula is C27H44O4. The zero-order valence-electron chi connectivity index (χ0n) is 20.1. The maximum atomic E-state index is 11.2. The first-order valence-corrected chi connectivity index (χ1v) is 13.4. The molecule has 2 heterocycles.